The van der Waals surface area contributed by atoms with Gasteiger partial charge in [-0.2, -0.15) is 0 Å². The van der Waals surface area contributed by atoms with Crippen molar-refractivity contribution in [2.24, 2.45) is 5.92 Å². The lowest BCUT2D eigenvalue weighted by atomic mass is 9.94. The van der Waals surface area contributed by atoms with Gasteiger partial charge in [-0.05, 0) is 37.9 Å². The molecule has 0 bridgehead atoms. The summed E-state index contributed by atoms with van der Waals surface area (Å²) in [7, 11) is 1.96. The first-order chi connectivity index (χ1) is 8.60. The molecule has 0 radical (unpaired) electrons. The average molecular weight is 251 g/mol. The standard InChI is InChI=1S/C14H25N3O/c1-5-18-14(10(2)3)13(16-4)8-11-9-17-7-6-12(11)15/h6-7,9-10,13-14,16H,5,8H2,1-4H3,(H2,15,17). The van der Waals surface area contributed by atoms with Crippen molar-refractivity contribution in [3.8, 4) is 0 Å². The molecule has 0 spiro atoms. The minimum absolute atomic E-state index is 0.180. The Balaban J connectivity index is 2.79. The van der Waals surface area contributed by atoms with Crippen LogP contribution in [0.1, 0.15) is 26.3 Å². The quantitative estimate of drug-likeness (QED) is 0.776. The van der Waals surface area contributed by atoms with E-state index in [0.717, 1.165) is 24.3 Å². The molecule has 1 aromatic heterocycles. The van der Waals surface area contributed by atoms with Crippen molar-refractivity contribution in [2.45, 2.75) is 39.3 Å². The fourth-order valence-electron chi connectivity index (χ4n) is 2.19. The third-order valence-corrected chi connectivity index (χ3v) is 3.16. The monoisotopic (exact) mass is 251 g/mol. The van der Waals surface area contributed by atoms with Gasteiger partial charge in [0.2, 0.25) is 0 Å². The van der Waals surface area contributed by atoms with Crippen LogP contribution in [0, 0.1) is 5.92 Å². The molecular formula is C14H25N3O. The van der Waals surface area contributed by atoms with Crippen LogP contribution in [0.15, 0.2) is 18.5 Å². The maximum Gasteiger partial charge on any atom is 0.0753 e. The van der Waals surface area contributed by atoms with Crippen LogP contribution in [-0.2, 0) is 11.2 Å². The van der Waals surface area contributed by atoms with E-state index in [-0.39, 0.29) is 12.1 Å². The second-order valence-electron chi connectivity index (χ2n) is 4.84. The molecule has 0 amide bonds. The predicted molar refractivity (Wildman–Crippen MR) is 75.5 cm³/mol. The van der Waals surface area contributed by atoms with Crippen LogP contribution in [0.25, 0.3) is 0 Å². The summed E-state index contributed by atoms with van der Waals surface area (Å²) in [5.74, 6) is 0.459. The van der Waals surface area contributed by atoms with Gasteiger partial charge in [0, 0.05) is 30.7 Å². The van der Waals surface area contributed by atoms with Gasteiger partial charge in [-0.25, -0.2) is 0 Å². The summed E-state index contributed by atoms with van der Waals surface area (Å²) in [5, 5.41) is 3.34. The van der Waals surface area contributed by atoms with Gasteiger partial charge in [-0.1, -0.05) is 13.8 Å². The lowest BCUT2D eigenvalue weighted by Crippen LogP contribution is -2.44. The summed E-state index contributed by atoms with van der Waals surface area (Å²) in [6, 6.07) is 2.09. The number of likely N-dealkylation sites (N-methyl/N-ethyl adjacent to an activating group) is 1. The molecule has 0 aliphatic carbocycles. The van der Waals surface area contributed by atoms with E-state index in [9.17, 15) is 0 Å². The van der Waals surface area contributed by atoms with Gasteiger partial charge >= 0.3 is 0 Å². The smallest absolute Gasteiger partial charge is 0.0753 e. The Morgan fingerprint density at radius 2 is 2.17 bits per heavy atom. The van der Waals surface area contributed by atoms with Crippen LogP contribution in [0.4, 0.5) is 5.69 Å². The van der Waals surface area contributed by atoms with E-state index in [4.69, 9.17) is 10.5 Å². The second kappa shape index (κ2) is 7.34. The maximum atomic E-state index is 5.97. The molecule has 2 unspecified atom stereocenters. The van der Waals surface area contributed by atoms with Crippen molar-refractivity contribution in [1.29, 1.82) is 0 Å². The lowest BCUT2D eigenvalue weighted by molar-refractivity contribution is 0.00537. The molecule has 0 saturated heterocycles. The molecule has 1 rings (SSSR count). The topological polar surface area (TPSA) is 60.2 Å². The molecule has 18 heavy (non-hydrogen) atoms. The average Bonchev–Trinajstić information content (AvgIpc) is 2.35. The Bertz CT molecular complexity index is 355. The number of nitrogen functional groups attached to an aromatic ring is 1. The fraction of sp³-hybridized carbons (Fsp3) is 0.643. The van der Waals surface area contributed by atoms with Gasteiger partial charge in [-0.3, -0.25) is 4.98 Å². The van der Waals surface area contributed by atoms with Crippen molar-refractivity contribution in [3.05, 3.63) is 24.0 Å². The number of nitrogens with one attached hydrogen (secondary N) is 1. The number of nitrogens with two attached hydrogens (primary N) is 1. The molecule has 4 nitrogen and oxygen atoms in total. The number of nitrogens with zero attached hydrogens (tertiary/aromatic N) is 1. The van der Waals surface area contributed by atoms with Crippen molar-refractivity contribution in [1.82, 2.24) is 10.3 Å². The summed E-state index contributed by atoms with van der Waals surface area (Å²) in [5.41, 5.74) is 7.83. The van der Waals surface area contributed by atoms with Crippen LogP contribution in [-0.4, -0.2) is 30.8 Å². The van der Waals surface area contributed by atoms with E-state index in [0.29, 0.717) is 5.92 Å². The van der Waals surface area contributed by atoms with Gasteiger partial charge < -0.3 is 15.8 Å². The van der Waals surface area contributed by atoms with Crippen LogP contribution in [0.5, 0.6) is 0 Å². The first-order valence-electron chi connectivity index (χ1n) is 6.57. The van der Waals surface area contributed by atoms with E-state index >= 15 is 0 Å². The Hall–Kier alpha value is -1.13. The lowest BCUT2D eigenvalue weighted by Gasteiger charge is -2.30. The van der Waals surface area contributed by atoms with Crippen LogP contribution in [0.2, 0.25) is 0 Å². The Morgan fingerprint density at radius 3 is 2.67 bits per heavy atom. The molecular weight excluding hydrogens is 226 g/mol. The zero-order valence-electron chi connectivity index (χ0n) is 11.8. The molecule has 1 aromatic rings. The number of hydrogen-bond donors (Lipinski definition) is 2. The number of anilines is 1. The molecule has 0 fully saturated rings. The van der Waals surface area contributed by atoms with Crippen molar-refractivity contribution >= 4 is 5.69 Å². The van der Waals surface area contributed by atoms with Crippen molar-refractivity contribution in [2.75, 3.05) is 19.4 Å². The van der Waals surface area contributed by atoms with Crippen molar-refractivity contribution in [3.63, 3.8) is 0 Å². The normalized spacial score (nSPS) is 14.7. The molecule has 0 aromatic carbocycles. The Kier molecular flexibility index (Phi) is 6.09. The number of aromatic nitrogens is 1. The third-order valence-electron chi connectivity index (χ3n) is 3.16. The van der Waals surface area contributed by atoms with Gasteiger partial charge in [0.15, 0.2) is 0 Å². The number of pyridine rings is 1. The SMILES string of the molecule is CCOC(C(C)C)C(Cc1cnccc1N)NC. The molecule has 102 valence electrons. The summed E-state index contributed by atoms with van der Waals surface area (Å²) >= 11 is 0. The van der Waals surface area contributed by atoms with Crippen LogP contribution >= 0.6 is 0 Å². The van der Waals surface area contributed by atoms with Gasteiger partial charge in [0.25, 0.3) is 0 Å². The molecule has 2 atom stereocenters. The largest absolute Gasteiger partial charge is 0.398 e. The van der Waals surface area contributed by atoms with E-state index in [2.05, 4.69) is 24.1 Å². The summed E-state index contributed by atoms with van der Waals surface area (Å²) in [6.45, 7) is 7.11. The Morgan fingerprint density at radius 1 is 1.44 bits per heavy atom. The first-order valence-corrected chi connectivity index (χ1v) is 6.57. The minimum atomic E-state index is 0.180. The van der Waals surface area contributed by atoms with Gasteiger partial charge in [0.05, 0.1) is 6.10 Å². The minimum Gasteiger partial charge on any atom is -0.398 e. The zero-order valence-corrected chi connectivity index (χ0v) is 11.8. The van der Waals surface area contributed by atoms with E-state index < -0.39 is 0 Å². The fourth-order valence-corrected chi connectivity index (χ4v) is 2.19. The van der Waals surface area contributed by atoms with E-state index in [1.165, 1.54) is 0 Å². The molecule has 4 heteroatoms. The molecule has 3 N–H and O–H groups in total. The molecule has 1 heterocycles. The van der Waals surface area contributed by atoms with Crippen molar-refractivity contribution < 1.29 is 4.74 Å². The predicted octanol–water partition coefficient (Wildman–Crippen LogP) is 1.86. The third kappa shape index (κ3) is 3.96. The highest BCUT2D eigenvalue weighted by Gasteiger charge is 2.24. The van der Waals surface area contributed by atoms with Gasteiger partial charge in [0.1, 0.15) is 0 Å². The second-order valence-corrected chi connectivity index (χ2v) is 4.84. The Labute approximate surface area is 110 Å². The van der Waals surface area contributed by atoms with E-state index in [1.54, 1.807) is 6.20 Å². The van der Waals surface area contributed by atoms with Gasteiger partial charge in [-0.15, -0.1) is 0 Å². The summed E-state index contributed by atoms with van der Waals surface area (Å²) in [4.78, 5) is 4.13. The summed E-state index contributed by atoms with van der Waals surface area (Å²) < 4.78 is 5.84. The van der Waals surface area contributed by atoms with Crippen LogP contribution < -0.4 is 11.1 Å². The maximum absolute atomic E-state index is 5.97. The van der Waals surface area contributed by atoms with Crippen LogP contribution in [0.3, 0.4) is 0 Å². The number of hydrogen-bond acceptors (Lipinski definition) is 4. The molecule has 0 aliphatic rings. The first kappa shape index (κ1) is 14.9. The van der Waals surface area contributed by atoms with E-state index in [1.807, 2.05) is 26.2 Å². The molecule has 0 saturated carbocycles. The summed E-state index contributed by atoms with van der Waals surface area (Å²) in [6.07, 6.45) is 4.57. The number of ether oxygens (including phenoxy) is 1. The number of rotatable bonds is 7. The highest BCUT2D eigenvalue weighted by molar-refractivity contribution is 5.44. The highest BCUT2D eigenvalue weighted by Crippen LogP contribution is 2.18. The zero-order chi connectivity index (χ0) is 13.5. The molecule has 0 aliphatic heterocycles. The highest BCUT2D eigenvalue weighted by atomic mass is 16.5.